The van der Waals surface area contributed by atoms with E-state index in [9.17, 15) is 4.79 Å². The highest BCUT2D eigenvalue weighted by Gasteiger charge is 2.16. The molecule has 0 saturated heterocycles. The molecule has 0 aliphatic rings. The van der Waals surface area contributed by atoms with Crippen molar-refractivity contribution in [1.82, 2.24) is 0 Å². The third-order valence-electron chi connectivity index (χ3n) is 2.10. The molecule has 76 valence electrons. The largest absolute Gasteiger partial charge is 0.392 e. The summed E-state index contributed by atoms with van der Waals surface area (Å²) in [5.41, 5.74) is 2.46. The van der Waals surface area contributed by atoms with Gasteiger partial charge in [0, 0.05) is 0 Å². The zero-order valence-electron chi connectivity index (χ0n) is 8.25. The fourth-order valence-corrected chi connectivity index (χ4v) is 1.52. The summed E-state index contributed by atoms with van der Waals surface area (Å²) >= 11 is 5.94. The van der Waals surface area contributed by atoms with Crippen LogP contribution in [0.5, 0.6) is 0 Å². The number of Topliss-reactive ketones (excluding diaryl/α,β-unsaturated/α-hetero) is 1. The van der Waals surface area contributed by atoms with Gasteiger partial charge in [0.15, 0.2) is 5.78 Å². The Kier molecular flexibility index (Phi) is 3.67. The lowest BCUT2D eigenvalue weighted by Gasteiger charge is -2.11. The predicted octanol–water partition coefficient (Wildman–Crippen LogP) is 2.36. The maximum atomic E-state index is 11.1. The number of aliphatic hydroxyl groups excluding tert-OH is 1. The van der Waals surface area contributed by atoms with E-state index in [4.69, 9.17) is 16.7 Å². The molecule has 1 unspecified atom stereocenters. The van der Waals surface area contributed by atoms with Crippen LogP contribution in [0.3, 0.4) is 0 Å². The number of hydrogen-bond acceptors (Lipinski definition) is 2. The Morgan fingerprint density at radius 1 is 1.57 bits per heavy atom. The number of rotatable bonds is 3. The van der Waals surface area contributed by atoms with E-state index in [2.05, 4.69) is 0 Å². The second-order valence-electron chi connectivity index (χ2n) is 3.33. The molecule has 2 nitrogen and oxygen atoms in total. The van der Waals surface area contributed by atoms with Crippen LogP contribution >= 0.6 is 11.6 Å². The molecular weight excluding hydrogens is 200 g/mol. The number of aryl methyl sites for hydroxylation is 1. The molecule has 1 aromatic rings. The van der Waals surface area contributed by atoms with Gasteiger partial charge in [-0.15, -0.1) is 11.6 Å². The highest BCUT2D eigenvalue weighted by atomic mass is 35.5. The summed E-state index contributed by atoms with van der Waals surface area (Å²) in [6, 6.07) is 5.52. The second-order valence-corrected chi connectivity index (χ2v) is 3.77. The lowest BCUT2D eigenvalue weighted by Crippen LogP contribution is -2.05. The van der Waals surface area contributed by atoms with Crippen LogP contribution in [0.1, 0.15) is 29.0 Å². The van der Waals surface area contributed by atoms with E-state index in [0.29, 0.717) is 11.1 Å². The van der Waals surface area contributed by atoms with Crippen LogP contribution in [0.15, 0.2) is 18.2 Å². The summed E-state index contributed by atoms with van der Waals surface area (Å²) in [5, 5.41) is 8.41. The first-order chi connectivity index (χ1) is 6.56. The Morgan fingerprint density at radius 3 is 2.71 bits per heavy atom. The summed E-state index contributed by atoms with van der Waals surface area (Å²) < 4.78 is 0. The molecule has 14 heavy (non-hydrogen) atoms. The SMILES string of the molecule is CC(=O)C(Cl)c1cc(C)ccc1CO. The lowest BCUT2D eigenvalue weighted by molar-refractivity contribution is -0.116. The van der Waals surface area contributed by atoms with Crippen LogP contribution in [0.25, 0.3) is 0 Å². The third kappa shape index (κ3) is 2.34. The molecule has 3 heteroatoms. The van der Waals surface area contributed by atoms with Gasteiger partial charge in [0.25, 0.3) is 0 Å². The average Bonchev–Trinajstić information content (AvgIpc) is 2.16. The Labute approximate surface area is 88.5 Å². The van der Waals surface area contributed by atoms with Crippen molar-refractivity contribution in [3.63, 3.8) is 0 Å². The molecule has 1 rings (SSSR count). The molecule has 0 bridgehead atoms. The third-order valence-corrected chi connectivity index (χ3v) is 2.64. The van der Waals surface area contributed by atoms with Crippen molar-refractivity contribution in [1.29, 1.82) is 0 Å². The van der Waals surface area contributed by atoms with Crippen LogP contribution in [-0.2, 0) is 11.4 Å². The summed E-state index contributed by atoms with van der Waals surface area (Å²) in [5.74, 6) is -0.105. The predicted molar refractivity (Wildman–Crippen MR) is 56.4 cm³/mol. The minimum atomic E-state index is -0.656. The minimum absolute atomic E-state index is 0.0912. The van der Waals surface area contributed by atoms with Gasteiger partial charge in [-0.2, -0.15) is 0 Å². The first kappa shape index (κ1) is 11.2. The fourth-order valence-electron chi connectivity index (χ4n) is 1.31. The van der Waals surface area contributed by atoms with Gasteiger partial charge in [-0.1, -0.05) is 23.8 Å². The average molecular weight is 213 g/mol. The van der Waals surface area contributed by atoms with Gasteiger partial charge >= 0.3 is 0 Å². The molecule has 0 saturated carbocycles. The molecule has 1 N–H and O–H groups in total. The molecule has 0 amide bonds. The monoisotopic (exact) mass is 212 g/mol. The summed E-state index contributed by atoms with van der Waals surface area (Å²) in [6.07, 6.45) is 0. The zero-order valence-corrected chi connectivity index (χ0v) is 9.01. The standard InChI is InChI=1S/C11H13ClO2/c1-7-3-4-9(6-13)10(5-7)11(12)8(2)14/h3-5,11,13H,6H2,1-2H3. The van der Waals surface area contributed by atoms with E-state index in [1.165, 1.54) is 6.92 Å². The van der Waals surface area contributed by atoms with Gasteiger partial charge in [0.2, 0.25) is 0 Å². The quantitative estimate of drug-likeness (QED) is 0.781. The van der Waals surface area contributed by atoms with E-state index in [1.807, 2.05) is 19.1 Å². The number of alkyl halides is 1. The van der Waals surface area contributed by atoms with Gasteiger partial charge in [-0.3, -0.25) is 4.79 Å². The van der Waals surface area contributed by atoms with Gasteiger partial charge in [0.1, 0.15) is 5.38 Å². The molecule has 0 aliphatic heterocycles. The normalized spacial score (nSPS) is 12.6. The van der Waals surface area contributed by atoms with Crippen LogP contribution in [0.4, 0.5) is 0 Å². The van der Waals surface area contributed by atoms with E-state index in [-0.39, 0.29) is 12.4 Å². The minimum Gasteiger partial charge on any atom is -0.392 e. The Morgan fingerprint density at radius 2 is 2.21 bits per heavy atom. The Balaban J connectivity index is 3.16. The van der Waals surface area contributed by atoms with Crippen LogP contribution in [0, 0.1) is 6.92 Å². The maximum Gasteiger partial charge on any atom is 0.152 e. The fraction of sp³-hybridized carbons (Fsp3) is 0.364. The maximum absolute atomic E-state index is 11.1. The number of hydrogen-bond donors (Lipinski definition) is 1. The summed E-state index contributed by atoms with van der Waals surface area (Å²) in [7, 11) is 0. The van der Waals surface area contributed by atoms with E-state index in [0.717, 1.165) is 5.56 Å². The summed E-state index contributed by atoms with van der Waals surface area (Å²) in [4.78, 5) is 11.1. The van der Waals surface area contributed by atoms with Crippen molar-refractivity contribution in [2.24, 2.45) is 0 Å². The molecule has 0 aliphatic carbocycles. The van der Waals surface area contributed by atoms with Gasteiger partial charge in [0.05, 0.1) is 6.61 Å². The van der Waals surface area contributed by atoms with Crippen molar-refractivity contribution in [3.8, 4) is 0 Å². The molecule has 0 heterocycles. The Bertz CT molecular complexity index is 347. The Hall–Kier alpha value is -0.860. The van der Waals surface area contributed by atoms with Gasteiger partial charge < -0.3 is 5.11 Å². The highest BCUT2D eigenvalue weighted by Crippen LogP contribution is 2.26. The van der Waals surface area contributed by atoms with Crippen LogP contribution in [0.2, 0.25) is 0 Å². The van der Waals surface area contributed by atoms with Crippen molar-refractivity contribution in [3.05, 3.63) is 34.9 Å². The first-order valence-corrected chi connectivity index (χ1v) is 4.84. The molecule has 0 spiro atoms. The molecule has 0 aromatic heterocycles. The first-order valence-electron chi connectivity index (χ1n) is 4.41. The molecule has 0 fully saturated rings. The number of aliphatic hydroxyl groups is 1. The van der Waals surface area contributed by atoms with Crippen molar-refractivity contribution in [2.75, 3.05) is 0 Å². The van der Waals surface area contributed by atoms with Crippen LogP contribution in [-0.4, -0.2) is 10.9 Å². The zero-order chi connectivity index (χ0) is 10.7. The number of ketones is 1. The lowest BCUT2D eigenvalue weighted by atomic mass is 10.0. The molecule has 1 aromatic carbocycles. The van der Waals surface area contributed by atoms with Crippen molar-refractivity contribution in [2.45, 2.75) is 25.8 Å². The number of carbonyl (C=O) groups excluding carboxylic acids is 1. The topological polar surface area (TPSA) is 37.3 Å². The van der Waals surface area contributed by atoms with Crippen molar-refractivity contribution < 1.29 is 9.90 Å². The number of carbonyl (C=O) groups is 1. The summed E-state index contributed by atoms with van der Waals surface area (Å²) in [6.45, 7) is 3.28. The van der Waals surface area contributed by atoms with Gasteiger partial charge in [-0.25, -0.2) is 0 Å². The van der Waals surface area contributed by atoms with Crippen molar-refractivity contribution >= 4 is 17.4 Å². The van der Waals surface area contributed by atoms with E-state index in [1.54, 1.807) is 6.07 Å². The molecule has 0 radical (unpaired) electrons. The number of benzene rings is 1. The molecule has 1 atom stereocenters. The van der Waals surface area contributed by atoms with Gasteiger partial charge in [-0.05, 0) is 25.0 Å². The van der Waals surface area contributed by atoms with E-state index < -0.39 is 5.38 Å². The smallest absolute Gasteiger partial charge is 0.152 e. The number of halogens is 1. The molecular formula is C11H13ClO2. The second kappa shape index (κ2) is 4.58. The highest BCUT2D eigenvalue weighted by molar-refractivity contribution is 6.30. The van der Waals surface area contributed by atoms with E-state index >= 15 is 0 Å². The van der Waals surface area contributed by atoms with Crippen LogP contribution < -0.4 is 0 Å².